The van der Waals surface area contributed by atoms with E-state index in [1.807, 2.05) is 0 Å². The van der Waals surface area contributed by atoms with Crippen molar-refractivity contribution in [3.05, 3.63) is 83.1 Å². The van der Waals surface area contributed by atoms with Gasteiger partial charge in [-0.05, 0) is 48.6 Å². The number of ether oxygens (including phenoxy) is 2. The fraction of sp³-hybridized carbons (Fsp3) is 0.0952. The highest BCUT2D eigenvalue weighted by Gasteiger charge is 2.03. The van der Waals surface area contributed by atoms with Crippen LogP contribution >= 0.6 is 0 Å². The second kappa shape index (κ2) is 9.33. The quantitative estimate of drug-likeness (QED) is 0.434. The predicted molar refractivity (Wildman–Crippen MR) is 99.7 cm³/mol. The lowest BCUT2D eigenvalue weighted by Gasteiger charge is -2.04. The monoisotopic (exact) mass is 372 g/mol. The van der Waals surface area contributed by atoms with Gasteiger partial charge in [-0.15, -0.1) is 0 Å². The second-order valence-corrected chi connectivity index (χ2v) is 5.41. The Bertz CT molecular complexity index is 914. The molecule has 0 aliphatic rings. The first-order chi connectivity index (χ1) is 12.9. The average molecular weight is 372 g/mol. The molecule has 0 heterocycles. The van der Waals surface area contributed by atoms with Gasteiger partial charge in [0.1, 0.15) is 28.9 Å². The molecular formula is C21H18F2O4. The number of ketones is 1. The first-order valence-corrected chi connectivity index (χ1v) is 7.91. The van der Waals surface area contributed by atoms with Crippen molar-refractivity contribution in [2.24, 2.45) is 0 Å². The third-order valence-electron chi connectivity index (χ3n) is 3.54. The van der Waals surface area contributed by atoms with Gasteiger partial charge in [0.25, 0.3) is 0 Å². The lowest BCUT2D eigenvalue weighted by molar-refractivity contribution is -0.110. The third-order valence-corrected chi connectivity index (χ3v) is 3.54. The first-order valence-electron chi connectivity index (χ1n) is 7.91. The Balaban J connectivity index is 2.11. The summed E-state index contributed by atoms with van der Waals surface area (Å²) in [4.78, 5) is 11.9. The summed E-state index contributed by atoms with van der Waals surface area (Å²) in [5, 5.41) is 9.86. The number of hydrogen-bond acceptors (Lipinski definition) is 4. The summed E-state index contributed by atoms with van der Waals surface area (Å²) in [6.07, 6.45) is 6.47. The topological polar surface area (TPSA) is 55.8 Å². The minimum Gasteiger partial charge on any atom is -0.508 e. The van der Waals surface area contributed by atoms with E-state index in [0.717, 1.165) is 6.08 Å². The molecule has 0 aliphatic carbocycles. The Morgan fingerprint density at radius 3 is 1.85 bits per heavy atom. The van der Waals surface area contributed by atoms with Crippen LogP contribution in [0.3, 0.4) is 0 Å². The van der Waals surface area contributed by atoms with E-state index in [1.54, 1.807) is 0 Å². The Labute approximate surface area is 155 Å². The highest BCUT2D eigenvalue weighted by atomic mass is 19.1. The van der Waals surface area contributed by atoms with Gasteiger partial charge in [-0.3, -0.25) is 4.79 Å². The molecule has 0 amide bonds. The van der Waals surface area contributed by atoms with Crippen LogP contribution < -0.4 is 9.47 Å². The number of aliphatic hydroxyl groups is 1. The van der Waals surface area contributed by atoms with Gasteiger partial charge in [0, 0.05) is 29.3 Å². The summed E-state index contributed by atoms with van der Waals surface area (Å²) in [5.41, 5.74) is 1.06. The average Bonchev–Trinajstić information content (AvgIpc) is 2.65. The maximum atomic E-state index is 13.2. The largest absolute Gasteiger partial charge is 0.508 e. The van der Waals surface area contributed by atoms with Crippen LogP contribution in [0, 0.1) is 11.6 Å². The molecule has 1 N–H and O–H groups in total. The van der Waals surface area contributed by atoms with Crippen molar-refractivity contribution in [3.8, 4) is 11.5 Å². The maximum Gasteiger partial charge on any atom is 0.182 e. The summed E-state index contributed by atoms with van der Waals surface area (Å²) in [6, 6.07) is 7.88. The molecule has 0 atom stereocenters. The van der Waals surface area contributed by atoms with E-state index in [9.17, 15) is 18.7 Å². The number of benzene rings is 2. The Hall–Kier alpha value is -3.41. The van der Waals surface area contributed by atoms with Crippen LogP contribution in [-0.4, -0.2) is 25.1 Å². The molecule has 0 fully saturated rings. The summed E-state index contributed by atoms with van der Waals surface area (Å²) in [7, 11) is 2.80. The van der Waals surface area contributed by atoms with Crippen molar-refractivity contribution >= 4 is 17.9 Å². The molecule has 0 radical (unpaired) electrons. The molecule has 6 heteroatoms. The molecule has 0 aromatic heterocycles. The minimum absolute atomic E-state index is 0.288. The van der Waals surface area contributed by atoms with Crippen molar-refractivity contribution in [1.82, 2.24) is 0 Å². The minimum atomic E-state index is -0.477. The van der Waals surface area contributed by atoms with Gasteiger partial charge in [-0.1, -0.05) is 0 Å². The molecule has 140 valence electrons. The molecule has 0 aliphatic heterocycles. The molecule has 0 spiro atoms. The number of carbonyl (C=O) groups excluding carboxylic acids is 1. The first kappa shape index (κ1) is 19.9. The van der Waals surface area contributed by atoms with Gasteiger partial charge in [0.15, 0.2) is 5.78 Å². The zero-order valence-corrected chi connectivity index (χ0v) is 14.8. The van der Waals surface area contributed by atoms with E-state index in [0.29, 0.717) is 16.9 Å². The van der Waals surface area contributed by atoms with Crippen molar-refractivity contribution in [1.29, 1.82) is 0 Å². The molecular weight excluding hydrogens is 354 g/mol. The predicted octanol–water partition coefficient (Wildman–Crippen LogP) is 4.72. The van der Waals surface area contributed by atoms with Crippen LogP contribution in [0.1, 0.15) is 11.1 Å². The summed E-state index contributed by atoms with van der Waals surface area (Å²) in [6.45, 7) is 0. The van der Waals surface area contributed by atoms with Crippen molar-refractivity contribution in [2.45, 2.75) is 0 Å². The van der Waals surface area contributed by atoms with Gasteiger partial charge in [0.05, 0.1) is 14.2 Å². The Kier molecular flexibility index (Phi) is 6.88. The SMILES string of the molecule is COc1cc(F)ccc1/C=C/C(=O)/C=C(O)/C=C/c1ccc(F)cc1OC. The van der Waals surface area contributed by atoms with Crippen LogP contribution in [-0.2, 0) is 4.79 Å². The van der Waals surface area contributed by atoms with Crippen LogP contribution in [0.15, 0.2) is 60.4 Å². The van der Waals surface area contributed by atoms with E-state index in [2.05, 4.69) is 0 Å². The molecule has 0 saturated carbocycles. The number of methoxy groups -OCH3 is 2. The molecule has 27 heavy (non-hydrogen) atoms. The van der Waals surface area contributed by atoms with Gasteiger partial charge >= 0.3 is 0 Å². The highest BCUT2D eigenvalue weighted by molar-refractivity contribution is 6.02. The van der Waals surface area contributed by atoms with E-state index in [1.165, 1.54) is 74.9 Å². The van der Waals surface area contributed by atoms with Gasteiger partial charge in [-0.2, -0.15) is 0 Å². The Morgan fingerprint density at radius 2 is 1.37 bits per heavy atom. The smallest absolute Gasteiger partial charge is 0.182 e. The van der Waals surface area contributed by atoms with Crippen LogP contribution in [0.25, 0.3) is 12.2 Å². The summed E-state index contributed by atoms with van der Waals surface area (Å²) < 4.78 is 36.4. The van der Waals surface area contributed by atoms with Crippen LogP contribution in [0.4, 0.5) is 8.78 Å². The van der Waals surface area contributed by atoms with E-state index in [-0.39, 0.29) is 11.5 Å². The zero-order valence-electron chi connectivity index (χ0n) is 14.8. The van der Waals surface area contributed by atoms with Crippen LogP contribution in [0.2, 0.25) is 0 Å². The van der Waals surface area contributed by atoms with Crippen molar-refractivity contribution < 1.29 is 28.2 Å². The van der Waals surface area contributed by atoms with E-state index >= 15 is 0 Å². The Morgan fingerprint density at radius 1 is 0.889 bits per heavy atom. The number of carbonyl (C=O) groups is 1. The lowest BCUT2D eigenvalue weighted by atomic mass is 10.1. The molecule has 2 rings (SSSR count). The van der Waals surface area contributed by atoms with E-state index < -0.39 is 17.4 Å². The second-order valence-electron chi connectivity index (χ2n) is 5.41. The lowest BCUT2D eigenvalue weighted by Crippen LogP contribution is -1.91. The maximum absolute atomic E-state index is 13.2. The van der Waals surface area contributed by atoms with Crippen molar-refractivity contribution in [3.63, 3.8) is 0 Å². The van der Waals surface area contributed by atoms with Gasteiger partial charge < -0.3 is 14.6 Å². The fourth-order valence-electron chi connectivity index (χ4n) is 2.23. The standard InChI is InChI=1S/C21H18F2O4/c1-26-20-11-16(22)7-3-14(20)5-9-18(24)13-19(25)10-6-15-4-8-17(23)12-21(15)27-2/h3-13,24H,1-2H3/b9-5+,10-6+,18-13-. The zero-order chi connectivity index (χ0) is 19.8. The van der Waals surface area contributed by atoms with E-state index in [4.69, 9.17) is 9.47 Å². The number of rotatable bonds is 7. The molecule has 2 aromatic rings. The normalized spacial score (nSPS) is 11.9. The summed E-state index contributed by atoms with van der Waals surface area (Å²) in [5.74, 6) is -1.07. The molecule has 0 saturated heterocycles. The molecule has 0 unspecified atom stereocenters. The fourth-order valence-corrected chi connectivity index (χ4v) is 2.23. The molecule has 0 bridgehead atoms. The third kappa shape index (κ3) is 5.81. The van der Waals surface area contributed by atoms with Crippen LogP contribution in [0.5, 0.6) is 11.5 Å². The van der Waals surface area contributed by atoms with Crippen molar-refractivity contribution in [2.75, 3.05) is 14.2 Å². The summed E-state index contributed by atoms with van der Waals surface area (Å²) >= 11 is 0. The number of allylic oxidation sites excluding steroid dienone is 3. The highest BCUT2D eigenvalue weighted by Crippen LogP contribution is 2.22. The molecule has 2 aromatic carbocycles. The number of aliphatic hydroxyl groups excluding tert-OH is 1. The van der Waals surface area contributed by atoms with Gasteiger partial charge in [0.2, 0.25) is 0 Å². The number of hydrogen-bond donors (Lipinski definition) is 1. The number of halogens is 2. The van der Waals surface area contributed by atoms with Gasteiger partial charge in [-0.25, -0.2) is 8.78 Å². The molecule has 4 nitrogen and oxygen atoms in total.